The zero-order valence-electron chi connectivity index (χ0n) is 14.4. The van der Waals surface area contributed by atoms with Crippen molar-refractivity contribution in [3.8, 4) is 11.5 Å². The number of hydrogen-bond acceptors (Lipinski definition) is 7. The van der Waals surface area contributed by atoms with Gasteiger partial charge in [-0.15, -0.1) is 11.3 Å². The fraction of sp³-hybridized carbons (Fsp3) is 0.111. The van der Waals surface area contributed by atoms with Gasteiger partial charge in [0.25, 0.3) is 15.9 Å². The van der Waals surface area contributed by atoms with Crippen molar-refractivity contribution in [2.75, 3.05) is 23.3 Å². The molecule has 0 fully saturated rings. The van der Waals surface area contributed by atoms with Gasteiger partial charge >= 0.3 is 0 Å². The van der Waals surface area contributed by atoms with Crippen LogP contribution in [0, 0.1) is 0 Å². The Bertz CT molecular complexity index is 1100. The number of carbonyl (C=O) groups excluding carboxylic acids is 1. The van der Waals surface area contributed by atoms with Gasteiger partial charge in [-0.2, -0.15) is 0 Å². The van der Waals surface area contributed by atoms with Crippen molar-refractivity contribution < 1.29 is 22.7 Å². The number of aromatic nitrogens is 1. The van der Waals surface area contributed by atoms with Gasteiger partial charge in [0.2, 0.25) is 0 Å². The number of nitrogens with one attached hydrogen (secondary N) is 2. The highest BCUT2D eigenvalue weighted by Crippen LogP contribution is 2.31. The standard InChI is InChI=1S/C18H15N3O5S2/c22-17(12-1-6-15-16(11-12)26-9-8-25-15)20-13-2-4-14(5-3-13)28(23,24)21-18-19-7-10-27-18/h1-7,10-11H,8-9H2,(H,19,21)(H,20,22). The van der Waals surface area contributed by atoms with Gasteiger partial charge in [0, 0.05) is 22.8 Å². The summed E-state index contributed by atoms with van der Waals surface area (Å²) in [4.78, 5) is 16.4. The van der Waals surface area contributed by atoms with E-state index in [1.807, 2.05) is 0 Å². The number of fused-ring (bicyclic) bond motifs is 1. The fourth-order valence-electron chi connectivity index (χ4n) is 2.55. The van der Waals surface area contributed by atoms with Crippen molar-refractivity contribution in [1.29, 1.82) is 0 Å². The average molecular weight is 417 g/mol. The predicted octanol–water partition coefficient (Wildman–Crippen LogP) is 2.97. The molecule has 0 atom stereocenters. The van der Waals surface area contributed by atoms with Crippen molar-refractivity contribution in [3.63, 3.8) is 0 Å². The maximum Gasteiger partial charge on any atom is 0.263 e. The Labute approximate surface area is 165 Å². The van der Waals surface area contributed by atoms with E-state index in [9.17, 15) is 13.2 Å². The van der Waals surface area contributed by atoms with Crippen LogP contribution in [0.3, 0.4) is 0 Å². The number of ether oxygens (including phenoxy) is 2. The summed E-state index contributed by atoms with van der Waals surface area (Å²) < 4.78 is 38.0. The van der Waals surface area contributed by atoms with Crippen LogP contribution in [0.4, 0.5) is 10.8 Å². The van der Waals surface area contributed by atoms with E-state index in [1.165, 1.54) is 41.8 Å². The van der Waals surface area contributed by atoms with Gasteiger partial charge in [0.05, 0.1) is 4.90 Å². The molecule has 1 amide bonds. The lowest BCUT2D eigenvalue weighted by Gasteiger charge is -2.18. The Kier molecular flexibility index (Phi) is 4.88. The SMILES string of the molecule is O=C(Nc1ccc(S(=O)(=O)Nc2nccs2)cc1)c1ccc2c(c1)OCCO2. The minimum absolute atomic E-state index is 0.0695. The number of anilines is 2. The zero-order chi connectivity index (χ0) is 19.6. The van der Waals surface area contributed by atoms with Crippen LogP contribution in [0.5, 0.6) is 11.5 Å². The second-order valence-electron chi connectivity index (χ2n) is 5.78. The molecule has 0 spiro atoms. The topological polar surface area (TPSA) is 107 Å². The lowest BCUT2D eigenvalue weighted by atomic mass is 10.1. The molecule has 2 N–H and O–H groups in total. The third-order valence-electron chi connectivity index (χ3n) is 3.88. The van der Waals surface area contributed by atoms with Gasteiger partial charge in [-0.25, -0.2) is 13.4 Å². The molecule has 2 aromatic carbocycles. The first kappa shape index (κ1) is 18.3. The average Bonchev–Trinajstić information content (AvgIpc) is 3.20. The Morgan fingerprint density at radius 1 is 1.04 bits per heavy atom. The predicted molar refractivity (Wildman–Crippen MR) is 105 cm³/mol. The molecule has 144 valence electrons. The summed E-state index contributed by atoms with van der Waals surface area (Å²) >= 11 is 1.19. The Balaban J connectivity index is 1.46. The first-order valence-electron chi connectivity index (χ1n) is 8.25. The van der Waals surface area contributed by atoms with Gasteiger partial charge in [-0.3, -0.25) is 9.52 Å². The summed E-state index contributed by atoms with van der Waals surface area (Å²) in [6.07, 6.45) is 1.51. The molecule has 28 heavy (non-hydrogen) atoms. The molecule has 0 aliphatic carbocycles. The first-order valence-corrected chi connectivity index (χ1v) is 10.6. The van der Waals surface area contributed by atoms with E-state index in [0.717, 1.165) is 0 Å². The van der Waals surface area contributed by atoms with Crippen molar-refractivity contribution in [2.45, 2.75) is 4.90 Å². The molecule has 4 rings (SSSR count). The van der Waals surface area contributed by atoms with Gasteiger partial charge in [0.1, 0.15) is 13.2 Å². The number of thiazole rings is 1. The van der Waals surface area contributed by atoms with E-state index in [0.29, 0.717) is 36.0 Å². The van der Waals surface area contributed by atoms with E-state index in [1.54, 1.807) is 23.6 Å². The summed E-state index contributed by atoms with van der Waals surface area (Å²) in [5, 5.41) is 4.69. The Morgan fingerprint density at radius 3 is 2.50 bits per heavy atom. The quantitative estimate of drug-likeness (QED) is 0.661. The lowest BCUT2D eigenvalue weighted by molar-refractivity contribution is 0.102. The summed E-state index contributed by atoms with van der Waals surface area (Å²) in [5.41, 5.74) is 0.875. The van der Waals surface area contributed by atoms with E-state index >= 15 is 0 Å². The van der Waals surface area contributed by atoms with E-state index in [4.69, 9.17) is 9.47 Å². The molecule has 0 bridgehead atoms. The van der Waals surface area contributed by atoms with Crippen molar-refractivity contribution in [3.05, 3.63) is 59.6 Å². The highest BCUT2D eigenvalue weighted by molar-refractivity contribution is 7.93. The third kappa shape index (κ3) is 3.92. The highest BCUT2D eigenvalue weighted by Gasteiger charge is 2.17. The summed E-state index contributed by atoms with van der Waals surface area (Å²) in [7, 11) is -3.74. The molecule has 10 heteroatoms. The summed E-state index contributed by atoms with van der Waals surface area (Å²) in [6.45, 7) is 0.911. The number of hydrogen-bond donors (Lipinski definition) is 2. The normalized spacial score (nSPS) is 13.0. The summed E-state index contributed by atoms with van der Waals surface area (Å²) in [5.74, 6) is 0.784. The van der Waals surface area contributed by atoms with Crippen molar-refractivity contribution in [2.24, 2.45) is 0 Å². The molecular formula is C18H15N3O5S2. The molecule has 0 unspecified atom stereocenters. The van der Waals surface area contributed by atoms with Crippen LogP contribution >= 0.6 is 11.3 Å². The molecule has 0 radical (unpaired) electrons. The second-order valence-corrected chi connectivity index (χ2v) is 8.36. The molecule has 0 saturated heterocycles. The van der Waals surface area contributed by atoms with E-state index < -0.39 is 10.0 Å². The summed E-state index contributed by atoms with van der Waals surface area (Å²) in [6, 6.07) is 10.8. The molecule has 1 aromatic heterocycles. The van der Waals surface area contributed by atoms with E-state index in [2.05, 4.69) is 15.0 Å². The van der Waals surface area contributed by atoms with Crippen LogP contribution in [0.25, 0.3) is 0 Å². The lowest BCUT2D eigenvalue weighted by Crippen LogP contribution is -2.17. The van der Waals surface area contributed by atoms with E-state index in [-0.39, 0.29) is 15.9 Å². The Hall–Kier alpha value is -3.11. The molecule has 1 aliphatic heterocycles. The smallest absolute Gasteiger partial charge is 0.263 e. The molecule has 2 heterocycles. The number of carbonyl (C=O) groups is 1. The van der Waals surface area contributed by atoms with Crippen LogP contribution in [-0.4, -0.2) is 32.5 Å². The van der Waals surface area contributed by atoms with Crippen LogP contribution in [-0.2, 0) is 10.0 Å². The fourth-order valence-corrected chi connectivity index (χ4v) is 4.34. The van der Waals surface area contributed by atoms with Crippen molar-refractivity contribution in [1.82, 2.24) is 4.98 Å². The molecule has 8 nitrogen and oxygen atoms in total. The second kappa shape index (κ2) is 7.49. The minimum atomic E-state index is -3.74. The van der Waals surface area contributed by atoms with Crippen LogP contribution in [0.1, 0.15) is 10.4 Å². The molecule has 1 aliphatic rings. The third-order valence-corrected chi connectivity index (χ3v) is 6.05. The number of nitrogens with zero attached hydrogens (tertiary/aromatic N) is 1. The molecule has 3 aromatic rings. The number of sulfonamides is 1. The van der Waals surface area contributed by atoms with Crippen LogP contribution in [0.2, 0.25) is 0 Å². The highest BCUT2D eigenvalue weighted by atomic mass is 32.2. The monoisotopic (exact) mass is 417 g/mol. The van der Waals surface area contributed by atoms with Gasteiger partial charge in [-0.05, 0) is 42.5 Å². The van der Waals surface area contributed by atoms with Crippen molar-refractivity contribution >= 4 is 38.1 Å². The minimum Gasteiger partial charge on any atom is -0.486 e. The first-order chi connectivity index (χ1) is 13.5. The Morgan fingerprint density at radius 2 is 1.79 bits per heavy atom. The van der Waals surface area contributed by atoms with Crippen LogP contribution < -0.4 is 19.5 Å². The molecule has 0 saturated carbocycles. The number of amides is 1. The molecular weight excluding hydrogens is 402 g/mol. The largest absolute Gasteiger partial charge is 0.486 e. The maximum atomic E-state index is 12.4. The van der Waals surface area contributed by atoms with Gasteiger partial charge < -0.3 is 14.8 Å². The number of benzene rings is 2. The van der Waals surface area contributed by atoms with Gasteiger partial charge in [-0.1, -0.05) is 0 Å². The zero-order valence-corrected chi connectivity index (χ0v) is 16.0. The number of rotatable bonds is 5. The maximum absolute atomic E-state index is 12.4. The van der Waals surface area contributed by atoms with Crippen LogP contribution in [0.15, 0.2) is 58.9 Å². The van der Waals surface area contributed by atoms with Gasteiger partial charge in [0.15, 0.2) is 16.6 Å².